The largest absolute Gasteiger partial charge is 0.497 e. The highest BCUT2D eigenvalue weighted by Gasteiger charge is 2.41. The number of fused-ring (bicyclic) bond motifs is 1. The van der Waals surface area contributed by atoms with E-state index in [1.54, 1.807) is 37.9 Å². The Bertz CT molecular complexity index is 1160. The summed E-state index contributed by atoms with van der Waals surface area (Å²) in [4.78, 5) is 48.4. The molecular weight excluding hydrogens is 496 g/mol. The molecule has 1 fully saturated rings. The number of amidine groups is 1. The molecule has 0 bridgehead atoms. The fourth-order valence-electron chi connectivity index (χ4n) is 4.59. The van der Waals surface area contributed by atoms with E-state index in [1.807, 2.05) is 34.6 Å². The summed E-state index contributed by atoms with van der Waals surface area (Å²) in [7, 11) is 3.14. The number of thioether (sulfide) groups is 1. The number of amides is 2. The number of rotatable bonds is 8. The Kier molecular flexibility index (Phi) is 8.55. The molecular formula is C26H32N4O6S. The summed E-state index contributed by atoms with van der Waals surface area (Å²) < 4.78 is 16.0. The summed E-state index contributed by atoms with van der Waals surface area (Å²) >= 11 is 1.43. The van der Waals surface area contributed by atoms with Gasteiger partial charge in [-0.2, -0.15) is 0 Å². The minimum atomic E-state index is -0.541. The van der Waals surface area contributed by atoms with Gasteiger partial charge in [0.15, 0.2) is 5.17 Å². The lowest BCUT2D eigenvalue weighted by Crippen LogP contribution is -2.50. The van der Waals surface area contributed by atoms with Crippen molar-refractivity contribution in [2.45, 2.75) is 26.3 Å². The molecule has 3 heterocycles. The van der Waals surface area contributed by atoms with Gasteiger partial charge in [-0.05, 0) is 30.0 Å². The van der Waals surface area contributed by atoms with E-state index in [0.717, 1.165) is 11.3 Å². The first-order valence-electron chi connectivity index (χ1n) is 12.1. The molecule has 0 spiro atoms. The maximum atomic E-state index is 13.3. The maximum absolute atomic E-state index is 13.3. The van der Waals surface area contributed by atoms with E-state index in [1.165, 1.54) is 11.8 Å². The van der Waals surface area contributed by atoms with Crippen molar-refractivity contribution in [1.29, 1.82) is 0 Å². The molecule has 1 aromatic rings. The molecule has 1 saturated heterocycles. The average Bonchev–Trinajstić information content (AvgIpc) is 3.29. The first-order valence-corrected chi connectivity index (χ1v) is 13.0. The van der Waals surface area contributed by atoms with Crippen LogP contribution in [0.15, 0.2) is 51.6 Å². The third-order valence-corrected chi connectivity index (χ3v) is 7.45. The summed E-state index contributed by atoms with van der Waals surface area (Å²) in [5.41, 5.74) is 2.55. The molecule has 2 amide bonds. The second kappa shape index (κ2) is 11.8. The summed E-state index contributed by atoms with van der Waals surface area (Å²) in [5.74, 6) is 0.164. The number of hydrogen-bond donors (Lipinski definition) is 0. The third kappa shape index (κ3) is 5.83. The van der Waals surface area contributed by atoms with E-state index in [4.69, 9.17) is 19.2 Å². The molecule has 11 heteroatoms. The van der Waals surface area contributed by atoms with Crippen LogP contribution < -0.4 is 4.74 Å². The number of esters is 1. The van der Waals surface area contributed by atoms with Gasteiger partial charge in [0, 0.05) is 45.9 Å². The van der Waals surface area contributed by atoms with E-state index >= 15 is 0 Å². The number of carbonyl (C=O) groups excluding carboxylic acids is 3. The van der Waals surface area contributed by atoms with Crippen molar-refractivity contribution >= 4 is 34.7 Å². The molecule has 0 saturated carbocycles. The molecule has 1 atom stereocenters. The number of aliphatic imine (C=N–C) groups is 1. The smallest absolute Gasteiger partial charge is 0.338 e. The van der Waals surface area contributed by atoms with Crippen LogP contribution in [0.2, 0.25) is 0 Å². The zero-order valence-electron chi connectivity index (χ0n) is 21.6. The van der Waals surface area contributed by atoms with Gasteiger partial charge < -0.3 is 28.9 Å². The molecule has 0 aliphatic carbocycles. The average molecular weight is 529 g/mol. The number of carbonyl (C=O) groups is 3. The molecule has 0 radical (unpaired) electrons. The predicted octanol–water partition coefficient (Wildman–Crippen LogP) is 2.54. The Morgan fingerprint density at radius 1 is 1.08 bits per heavy atom. The third-order valence-electron chi connectivity index (χ3n) is 6.56. The molecule has 37 heavy (non-hydrogen) atoms. The monoisotopic (exact) mass is 528 g/mol. The summed E-state index contributed by atoms with van der Waals surface area (Å²) in [5, 5.41) is 2.62. The molecule has 1 unspecified atom stereocenters. The van der Waals surface area contributed by atoms with Gasteiger partial charge in [-0.1, -0.05) is 23.9 Å². The van der Waals surface area contributed by atoms with Gasteiger partial charge in [-0.3, -0.25) is 9.59 Å². The van der Waals surface area contributed by atoms with Crippen LogP contribution in [-0.2, 0) is 23.9 Å². The first kappa shape index (κ1) is 26.7. The van der Waals surface area contributed by atoms with Gasteiger partial charge in [0.2, 0.25) is 11.8 Å². The van der Waals surface area contributed by atoms with Gasteiger partial charge in [0.1, 0.15) is 12.4 Å². The van der Waals surface area contributed by atoms with Gasteiger partial charge in [0.05, 0.1) is 37.4 Å². The highest BCUT2D eigenvalue weighted by molar-refractivity contribution is 8.16. The van der Waals surface area contributed by atoms with Gasteiger partial charge in [-0.25, -0.2) is 9.79 Å². The minimum Gasteiger partial charge on any atom is -0.497 e. The zero-order valence-corrected chi connectivity index (χ0v) is 22.4. The van der Waals surface area contributed by atoms with Crippen LogP contribution in [0.3, 0.4) is 0 Å². The zero-order chi connectivity index (χ0) is 26.5. The minimum absolute atomic E-state index is 0.0179. The highest BCUT2D eigenvalue weighted by atomic mass is 32.2. The summed E-state index contributed by atoms with van der Waals surface area (Å²) in [6.45, 7) is 5.78. The normalized spacial score (nSPS) is 19.4. The first-order chi connectivity index (χ1) is 17.8. The van der Waals surface area contributed by atoms with Crippen LogP contribution in [-0.4, -0.2) is 91.3 Å². The number of piperazine rings is 1. The number of benzene rings is 1. The van der Waals surface area contributed by atoms with Crippen LogP contribution in [0.4, 0.5) is 0 Å². The van der Waals surface area contributed by atoms with Crippen molar-refractivity contribution in [1.82, 2.24) is 14.7 Å². The molecule has 1 aromatic carbocycles. The van der Waals surface area contributed by atoms with E-state index in [9.17, 15) is 14.4 Å². The molecule has 198 valence electrons. The maximum Gasteiger partial charge on any atom is 0.338 e. The molecule has 10 nitrogen and oxygen atoms in total. The highest BCUT2D eigenvalue weighted by Crippen LogP contribution is 2.45. The number of nitrogens with zero attached hydrogens (tertiary/aromatic N) is 4. The van der Waals surface area contributed by atoms with Crippen LogP contribution in [0.25, 0.3) is 0 Å². The fourth-order valence-corrected chi connectivity index (χ4v) is 5.55. The number of allylic oxidation sites excluding steroid dienone is 1. The second-order valence-corrected chi connectivity index (χ2v) is 9.70. The lowest BCUT2D eigenvalue weighted by molar-refractivity contribution is -0.141. The Labute approximate surface area is 220 Å². The Morgan fingerprint density at radius 2 is 1.81 bits per heavy atom. The van der Waals surface area contributed by atoms with Gasteiger partial charge >= 0.3 is 5.97 Å². The predicted molar refractivity (Wildman–Crippen MR) is 140 cm³/mol. The van der Waals surface area contributed by atoms with Crippen LogP contribution in [0.5, 0.6) is 5.75 Å². The molecule has 3 aliphatic rings. The number of hydrogen-bond acceptors (Lipinski definition) is 9. The Morgan fingerprint density at radius 3 is 2.49 bits per heavy atom. The van der Waals surface area contributed by atoms with Crippen molar-refractivity contribution in [3.63, 3.8) is 0 Å². The van der Waals surface area contributed by atoms with E-state index in [2.05, 4.69) is 0 Å². The number of methoxy groups -OCH3 is 2. The fraction of sp³-hybridized carbons (Fsp3) is 0.462. The lowest BCUT2D eigenvalue weighted by atomic mass is 9.93. The SMILES string of the molecule is COCCOC(=O)C1=C(C)N=C2SC=C(CC(=O)N3CCN(C(C)=O)CC3)N2C1c1cccc(OC)c1. The van der Waals surface area contributed by atoms with Crippen LogP contribution >= 0.6 is 11.8 Å². The summed E-state index contributed by atoms with van der Waals surface area (Å²) in [6, 6.07) is 6.98. The number of ether oxygens (including phenoxy) is 3. The van der Waals surface area contributed by atoms with Crippen molar-refractivity contribution < 1.29 is 28.6 Å². The molecule has 3 aliphatic heterocycles. The van der Waals surface area contributed by atoms with Crippen molar-refractivity contribution in [3.05, 3.63) is 52.2 Å². The molecule has 0 aromatic heterocycles. The standard InChI is InChI=1S/C26H32N4O6S/c1-17-23(25(33)36-13-12-34-3)24(19-6-5-7-21(14-19)35-4)30-20(16-37-26(30)27-17)15-22(32)29-10-8-28(9-11-29)18(2)31/h5-7,14,16,24H,8-13,15H2,1-4H3. The van der Waals surface area contributed by atoms with E-state index < -0.39 is 12.0 Å². The van der Waals surface area contributed by atoms with Crippen LogP contribution in [0, 0.1) is 0 Å². The molecule has 4 rings (SSSR count). The van der Waals surface area contributed by atoms with Crippen molar-refractivity contribution in [3.8, 4) is 5.75 Å². The second-order valence-electron chi connectivity index (χ2n) is 8.86. The van der Waals surface area contributed by atoms with Crippen LogP contribution in [0.1, 0.15) is 31.9 Å². The van der Waals surface area contributed by atoms with E-state index in [0.29, 0.717) is 48.4 Å². The summed E-state index contributed by atoms with van der Waals surface area (Å²) in [6.07, 6.45) is 0.150. The van der Waals surface area contributed by atoms with Crippen molar-refractivity contribution in [2.75, 3.05) is 53.6 Å². The quantitative estimate of drug-likeness (QED) is 0.375. The van der Waals surface area contributed by atoms with Gasteiger partial charge in [0.25, 0.3) is 0 Å². The van der Waals surface area contributed by atoms with Crippen molar-refractivity contribution in [2.24, 2.45) is 4.99 Å². The topological polar surface area (TPSA) is 101 Å². The lowest BCUT2D eigenvalue weighted by Gasteiger charge is -2.38. The Balaban J connectivity index is 1.61. The Hall–Kier alpha value is -3.31. The van der Waals surface area contributed by atoms with E-state index in [-0.39, 0.29) is 31.4 Å². The molecule has 0 N–H and O–H groups in total. The van der Waals surface area contributed by atoms with Gasteiger partial charge in [-0.15, -0.1) is 0 Å².